The molecule has 0 saturated heterocycles. The maximum Gasteiger partial charge on any atom is 0.333 e. The third-order valence-corrected chi connectivity index (χ3v) is 4.14. The Morgan fingerprint density at radius 1 is 1.07 bits per heavy atom. The van der Waals surface area contributed by atoms with Crippen LogP contribution in [0.5, 0.6) is 11.5 Å². The normalized spacial score (nSPS) is 11.7. The second-order valence-electron chi connectivity index (χ2n) is 6.32. The number of hydrogen-bond donors (Lipinski definition) is 1. The first-order valence-corrected chi connectivity index (χ1v) is 8.85. The molecular formula is C21H27NO5. The average molecular weight is 373 g/mol. The third kappa shape index (κ3) is 5.89. The molecular weight excluding hydrogens is 346 g/mol. The zero-order chi connectivity index (χ0) is 19.8. The fourth-order valence-corrected chi connectivity index (χ4v) is 2.65. The van der Waals surface area contributed by atoms with Gasteiger partial charge in [-0.1, -0.05) is 18.2 Å². The van der Waals surface area contributed by atoms with Crippen LogP contribution < -0.4 is 14.4 Å². The van der Waals surface area contributed by atoms with Gasteiger partial charge in [-0.05, 0) is 42.3 Å². The van der Waals surface area contributed by atoms with E-state index in [0.29, 0.717) is 24.7 Å². The summed E-state index contributed by atoms with van der Waals surface area (Å²) in [4.78, 5) is 13.3. The molecule has 0 saturated carbocycles. The Balaban J connectivity index is 2.11. The second-order valence-corrected chi connectivity index (χ2v) is 6.32. The lowest BCUT2D eigenvalue weighted by atomic mass is 10.1. The van der Waals surface area contributed by atoms with Crippen molar-refractivity contribution in [2.24, 2.45) is 0 Å². The Morgan fingerprint density at radius 2 is 1.74 bits per heavy atom. The third-order valence-electron chi connectivity index (χ3n) is 4.14. The van der Waals surface area contributed by atoms with Crippen molar-refractivity contribution in [3.63, 3.8) is 0 Å². The first-order valence-electron chi connectivity index (χ1n) is 8.85. The van der Waals surface area contributed by atoms with Crippen molar-refractivity contribution in [2.45, 2.75) is 26.1 Å². The van der Waals surface area contributed by atoms with Crippen LogP contribution in [0.15, 0.2) is 42.5 Å². The summed E-state index contributed by atoms with van der Waals surface area (Å²) in [6, 6.07) is 13.5. The predicted octanol–water partition coefficient (Wildman–Crippen LogP) is 3.37. The van der Waals surface area contributed by atoms with Gasteiger partial charge in [-0.25, -0.2) is 4.79 Å². The van der Waals surface area contributed by atoms with Crippen LogP contribution in [-0.2, 0) is 22.6 Å². The van der Waals surface area contributed by atoms with Crippen molar-refractivity contribution in [1.82, 2.24) is 0 Å². The average Bonchev–Trinajstić information content (AvgIpc) is 2.66. The van der Waals surface area contributed by atoms with E-state index in [2.05, 4.69) is 0 Å². The molecule has 1 N–H and O–H groups in total. The Hall–Kier alpha value is -2.73. The summed E-state index contributed by atoms with van der Waals surface area (Å²) in [5, 5.41) is 9.26. The van der Waals surface area contributed by atoms with Crippen molar-refractivity contribution < 1.29 is 24.1 Å². The maximum atomic E-state index is 11.3. The van der Waals surface area contributed by atoms with E-state index in [9.17, 15) is 9.90 Å². The number of carboxylic acid groups (broad SMARTS) is 1. The quantitative estimate of drug-likeness (QED) is 0.689. The van der Waals surface area contributed by atoms with E-state index in [1.165, 1.54) is 0 Å². The summed E-state index contributed by atoms with van der Waals surface area (Å²) >= 11 is 0. The predicted molar refractivity (Wildman–Crippen MR) is 105 cm³/mol. The summed E-state index contributed by atoms with van der Waals surface area (Å²) in [6.07, 6.45) is -0.615. The first-order chi connectivity index (χ1) is 12.9. The minimum Gasteiger partial charge on any atom is -0.493 e. The van der Waals surface area contributed by atoms with Crippen LogP contribution in [0.1, 0.15) is 18.1 Å². The van der Waals surface area contributed by atoms with Gasteiger partial charge in [-0.3, -0.25) is 0 Å². The highest BCUT2D eigenvalue weighted by molar-refractivity contribution is 5.72. The van der Waals surface area contributed by atoms with E-state index in [1.54, 1.807) is 20.1 Å². The van der Waals surface area contributed by atoms with Gasteiger partial charge >= 0.3 is 5.97 Å². The monoisotopic (exact) mass is 373 g/mol. The molecule has 0 radical (unpaired) electrons. The van der Waals surface area contributed by atoms with Crippen molar-refractivity contribution in [3.05, 3.63) is 53.6 Å². The summed E-state index contributed by atoms with van der Waals surface area (Å²) in [5.41, 5.74) is 2.97. The molecule has 0 aromatic heterocycles. The highest BCUT2D eigenvalue weighted by atomic mass is 16.5. The molecule has 0 aliphatic carbocycles. The molecule has 146 valence electrons. The lowest BCUT2D eigenvalue weighted by Gasteiger charge is -2.16. The molecule has 0 bridgehead atoms. The van der Waals surface area contributed by atoms with E-state index in [1.807, 2.05) is 55.4 Å². The van der Waals surface area contributed by atoms with E-state index in [4.69, 9.17) is 14.2 Å². The molecule has 1 unspecified atom stereocenters. The van der Waals surface area contributed by atoms with Gasteiger partial charge < -0.3 is 24.2 Å². The van der Waals surface area contributed by atoms with Crippen molar-refractivity contribution in [3.8, 4) is 11.5 Å². The lowest BCUT2D eigenvalue weighted by molar-refractivity contribution is -0.149. The Kier molecular flexibility index (Phi) is 7.49. The number of carbonyl (C=O) groups is 1. The van der Waals surface area contributed by atoms with Crippen molar-refractivity contribution in [2.75, 3.05) is 32.7 Å². The zero-order valence-corrected chi connectivity index (χ0v) is 16.3. The molecule has 0 heterocycles. The summed E-state index contributed by atoms with van der Waals surface area (Å²) in [7, 11) is 5.57. The minimum atomic E-state index is -0.976. The van der Waals surface area contributed by atoms with Crippen LogP contribution in [0, 0.1) is 0 Å². The Labute approximate surface area is 160 Å². The molecule has 2 aromatic carbocycles. The van der Waals surface area contributed by atoms with Crippen LogP contribution in [0.4, 0.5) is 5.69 Å². The van der Waals surface area contributed by atoms with E-state index < -0.39 is 12.1 Å². The Morgan fingerprint density at radius 3 is 2.30 bits per heavy atom. The molecule has 0 aliphatic heterocycles. The molecule has 6 nitrogen and oxygen atoms in total. The number of carboxylic acids is 1. The van der Waals surface area contributed by atoms with Crippen LogP contribution in [-0.4, -0.2) is 45.0 Å². The smallest absolute Gasteiger partial charge is 0.333 e. The van der Waals surface area contributed by atoms with Crippen LogP contribution in [0.25, 0.3) is 0 Å². The topological polar surface area (TPSA) is 68.2 Å². The van der Waals surface area contributed by atoms with Crippen LogP contribution in [0.3, 0.4) is 0 Å². The van der Waals surface area contributed by atoms with E-state index >= 15 is 0 Å². The highest BCUT2D eigenvalue weighted by Gasteiger charge is 2.19. The molecule has 2 rings (SSSR count). The first kappa shape index (κ1) is 20.6. The van der Waals surface area contributed by atoms with Gasteiger partial charge in [0.15, 0.2) is 17.6 Å². The molecule has 1 atom stereocenters. The second kappa shape index (κ2) is 9.83. The zero-order valence-electron chi connectivity index (χ0n) is 16.3. The van der Waals surface area contributed by atoms with Gasteiger partial charge in [0, 0.05) is 32.8 Å². The van der Waals surface area contributed by atoms with Crippen molar-refractivity contribution in [1.29, 1.82) is 0 Å². The largest absolute Gasteiger partial charge is 0.493 e. The number of anilines is 1. The number of nitrogens with zero attached hydrogens (tertiary/aromatic N) is 1. The van der Waals surface area contributed by atoms with Crippen LogP contribution in [0.2, 0.25) is 0 Å². The number of hydrogen-bond acceptors (Lipinski definition) is 5. The van der Waals surface area contributed by atoms with Gasteiger partial charge in [0.2, 0.25) is 0 Å². The minimum absolute atomic E-state index is 0.265. The maximum absolute atomic E-state index is 11.3. The van der Waals surface area contributed by atoms with E-state index in [0.717, 1.165) is 16.8 Å². The summed E-state index contributed by atoms with van der Waals surface area (Å²) in [5.74, 6) is 0.204. The van der Waals surface area contributed by atoms with Gasteiger partial charge in [-0.15, -0.1) is 0 Å². The highest BCUT2D eigenvalue weighted by Crippen LogP contribution is 2.29. The number of methoxy groups -OCH3 is 1. The molecule has 0 fully saturated rings. The molecule has 0 spiro atoms. The molecule has 0 amide bonds. The van der Waals surface area contributed by atoms with Gasteiger partial charge in [0.1, 0.15) is 6.61 Å². The molecule has 0 aliphatic rings. The van der Waals surface area contributed by atoms with Gasteiger partial charge in [0.05, 0.1) is 7.11 Å². The number of ether oxygens (including phenoxy) is 3. The number of benzene rings is 2. The molecule has 2 aromatic rings. The van der Waals surface area contributed by atoms with E-state index in [-0.39, 0.29) is 6.42 Å². The van der Waals surface area contributed by atoms with Crippen LogP contribution >= 0.6 is 0 Å². The van der Waals surface area contributed by atoms with Gasteiger partial charge in [-0.2, -0.15) is 0 Å². The number of aliphatic carboxylic acids is 1. The SMILES string of the molecule is CCOC(Cc1ccc(OC)c(OCc2ccc(N(C)C)cc2)c1)C(=O)O. The van der Waals surface area contributed by atoms with Crippen molar-refractivity contribution >= 4 is 11.7 Å². The van der Waals surface area contributed by atoms with Gasteiger partial charge in [0.25, 0.3) is 0 Å². The number of rotatable bonds is 10. The molecule has 27 heavy (non-hydrogen) atoms. The standard InChI is InChI=1S/C21H27NO5/c1-5-26-20(21(23)24)13-16-8-11-18(25-4)19(12-16)27-14-15-6-9-17(10-7-15)22(2)3/h6-12,20H,5,13-14H2,1-4H3,(H,23,24). The summed E-state index contributed by atoms with van der Waals surface area (Å²) < 4.78 is 16.6. The Bertz CT molecular complexity index is 743. The summed E-state index contributed by atoms with van der Waals surface area (Å²) in [6.45, 7) is 2.51. The lowest BCUT2D eigenvalue weighted by Crippen LogP contribution is -2.26. The fourth-order valence-electron chi connectivity index (χ4n) is 2.65. The molecule has 6 heteroatoms. The fraction of sp³-hybridized carbons (Fsp3) is 0.381.